The summed E-state index contributed by atoms with van der Waals surface area (Å²) in [6.07, 6.45) is 5.48. The summed E-state index contributed by atoms with van der Waals surface area (Å²) in [5.41, 5.74) is 4.54. The Morgan fingerprint density at radius 1 is 1.14 bits per heavy atom. The minimum atomic E-state index is 0.216. The van der Waals surface area contributed by atoms with Gasteiger partial charge in [0.1, 0.15) is 5.65 Å². The Kier molecular flexibility index (Phi) is 4.05. The molecule has 0 radical (unpaired) electrons. The van der Waals surface area contributed by atoms with Crippen molar-refractivity contribution >= 4 is 17.0 Å². The number of nitrogens with zero attached hydrogens (tertiary/aromatic N) is 6. The number of hydrogen-bond donors (Lipinski definition) is 1. The van der Waals surface area contributed by atoms with Crippen LogP contribution in [0.5, 0.6) is 0 Å². The molecular weight excluding hydrogens is 354 g/mol. The van der Waals surface area contributed by atoms with Gasteiger partial charge in [0.05, 0.1) is 36.3 Å². The standard InChI is InChI=1S/C20H21N7O/c1-13-12-28-10-9-27(13)20-24-16(11-17(25-20)18-5-8-23-26(18)2)14-3-6-21-19-15(14)4-7-22-19/h3-8,11,13H,9-10,12H2,1-2H3,(H,21,22). The number of fused-ring (bicyclic) bond motifs is 1. The summed E-state index contributed by atoms with van der Waals surface area (Å²) in [4.78, 5) is 19.6. The Hall–Kier alpha value is -3.26. The molecule has 8 heteroatoms. The van der Waals surface area contributed by atoms with Crippen molar-refractivity contribution in [2.24, 2.45) is 7.05 Å². The van der Waals surface area contributed by atoms with Crippen molar-refractivity contribution in [1.82, 2.24) is 29.7 Å². The number of hydrogen-bond acceptors (Lipinski definition) is 6. The third kappa shape index (κ3) is 2.82. The van der Waals surface area contributed by atoms with Crippen LogP contribution in [0.1, 0.15) is 6.92 Å². The monoisotopic (exact) mass is 375 g/mol. The molecular formula is C20H21N7O. The van der Waals surface area contributed by atoms with Gasteiger partial charge in [0.25, 0.3) is 0 Å². The molecule has 0 spiro atoms. The molecule has 5 rings (SSSR count). The van der Waals surface area contributed by atoms with Gasteiger partial charge in [-0.1, -0.05) is 0 Å². The van der Waals surface area contributed by atoms with Gasteiger partial charge in [0.2, 0.25) is 5.95 Å². The molecule has 0 bridgehead atoms. The number of ether oxygens (including phenoxy) is 1. The Bertz CT molecular complexity index is 1130. The van der Waals surface area contributed by atoms with Crippen molar-refractivity contribution in [3.05, 3.63) is 42.9 Å². The number of H-pyrrole nitrogens is 1. The first kappa shape index (κ1) is 16.9. The van der Waals surface area contributed by atoms with Crippen LogP contribution in [-0.4, -0.2) is 55.5 Å². The first-order valence-corrected chi connectivity index (χ1v) is 9.35. The van der Waals surface area contributed by atoms with E-state index < -0.39 is 0 Å². The fraction of sp³-hybridized carbons (Fsp3) is 0.300. The lowest BCUT2D eigenvalue weighted by Crippen LogP contribution is -2.44. The third-order valence-corrected chi connectivity index (χ3v) is 5.16. The van der Waals surface area contributed by atoms with Crippen molar-refractivity contribution in [2.75, 3.05) is 24.7 Å². The average Bonchev–Trinajstić information content (AvgIpc) is 3.36. The van der Waals surface area contributed by atoms with Crippen LogP contribution in [0.4, 0.5) is 5.95 Å². The molecule has 1 N–H and O–H groups in total. The highest BCUT2D eigenvalue weighted by atomic mass is 16.5. The van der Waals surface area contributed by atoms with Crippen LogP contribution in [0.3, 0.4) is 0 Å². The molecule has 1 aliphatic heterocycles. The Morgan fingerprint density at radius 3 is 2.86 bits per heavy atom. The second kappa shape index (κ2) is 6.72. The van der Waals surface area contributed by atoms with E-state index in [0.717, 1.165) is 40.2 Å². The normalized spacial score (nSPS) is 17.4. The molecule has 0 amide bonds. The molecule has 28 heavy (non-hydrogen) atoms. The van der Waals surface area contributed by atoms with Crippen LogP contribution in [0.2, 0.25) is 0 Å². The quantitative estimate of drug-likeness (QED) is 0.593. The van der Waals surface area contributed by atoms with Crippen LogP contribution < -0.4 is 4.90 Å². The van der Waals surface area contributed by atoms with E-state index in [9.17, 15) is 0 Å². The van der Waals surface area contributed by atoms with Crippen molar-refractivity contribution in [2.45, 2.75) is 13.0 Å². The maximum atomic E-state index is 5.59. The maximum absolute atomic E-state index is 5.59. The number of aromatic nitrogens is 6. The molecule has 1 unspecified atom stereocenters. The van der Waals surface area contributed by atoms with Gasteiger partial charge in [0.15, 0.2) is 0 Å². The number of aryl methyl sites for hydroxylation is 1. The molecule has 0 saturated carbocycles. The minimum absolute atomic E-state index is 0.216. The largest absolute Gasteiger partial charge is 0.377 e. The number of anilines is 1. The van der Waals surface area contributed by atoms with Crippen LogP contribution in [0.15, 0.2) is 42.9 Å². The lowest BCUT2D eigenvalue weighted by Gasteiger charge is -2.33. The van der Waals surface area contributed by atoms with E-state index in [2.05, 4.69) is 26.9 Å². The Morgan fingerprint density at radius 2 is 2.04 bits per heavy atom. The SMILES string of the molecule is CC1COCCN1c1nc(-c2ccnc3[nH]ccc23)cc(-c2ccnn2C)n1. The summed E-state index contributed by atoms with van der Waals surface area (Å²) >= 11 is 0. The van der Waals surface area contributed by atoms with Crippen LogP contribution >= 0.6 is 0 Å². The molecule has 8 nitrogen and oxygen atoms in total. The van der Waals surface area contributed by atoms with E-state index in [1.165, 1.54) is 0 Å². The first-order chi connectivity index (χ1) is 13.7. The smallest absolute Gasteiger partial charge is 0.226 e. The van der Waals surface area contributed by atoms with Gasteiger partial charge in [-0.3, -0.25) is 4.68 Å². The molecule has 1 atom stereocenters. The third-order valence-electron chi connectivity index (χ3n) is 5.16. The zero-order valence-corrected chi connectivity index (χ0v) is 15.8. The molecule has 5 heterocycles. The van der Waals surface area contributed by atoms with Gasteiger partial charge < -0.3 is 14.6 Å². The fourth-order valence-corrected chi connectivity index (χ4v) is 3.67. The van der Waals surface area contributed by atoms with Gasteiger partial charge in [-0.15, -0.1) is 0 Å². The lowest BCUT2D eigenvalue weighted by atomic mass is 10.1. The average molecular weight is 375 g/mol. The lowest BCUT2D eigenvalue weighted by molar-refractivity contribution is 0.0981. The summed E-state index contributed by atoms with van der Waals surface area (Å²) in [6.45, 7) is 4.25. The predicted octanol–water partition coefficient (Wildman–Crippen LogP) is 2.65. The predicted molar refractivity (Wildman–Crippen MR) is 107 cm³/mol. The van der Waals surface area contributed by atoms with Crippen molar-refractivity contribution in [1.29, 1.82) is 0 Å². The van der Waals surface area contributed by atoms with Gasteiger partial charge in [-0.05, 0) is 31.2 Å². The fourth-order valence-electron chi connectivity index (χ4n) is 3.67. The van der Waals surface area contributed by atoms with E-state index in [1.807, 2.05) is 42.2 Å². The van der Waals surface area contributed by atoms with Crippen molar-refractivity contribution in [3.8, 4) is 22.6 Å². The number of rotatable bonds is 3. The molecule has 1 aliphatic rings. The number of pyridine rings is 1. The van der Waals surface area contributed by atoms with E-state index in [0.29, 0.717) is 19.2 Å². The zero-order chi connectivity index (χ0) is 19.1. The molecule has 4 aromatic rings. The molecule has 1 fully saturated rings. The maximum Gasteiger partial charge on any atom is 0.226 e. The number of aromatic amines is 1. The first-order valence-electron chi connectivity index (χ1n) is 9.35. The molecule has 142 valence electrons. The topological polar surface area (TPSA) is 84.8 Å². The second-order valence-electron chi connectivity index (χ2n) is 6.99. The summed E-state index contributed by atoms with van der Waals surface area (Å²) < 4.78 is 7.42. The molecule has 0 aromatic carbocycles. The van der Waals surface area contributed by atoms with E-state index in [1.54, 1.807) is 12.4 Å². The van der Waals surface area contributed by atoms with E-state index in [4.69, 9.17) is 14.7 Å². The number of morpholine rings is 1. The van der Waals surface area contributed by atoms with Crippen molar-refractivity contribution < 1.29 is 4.74 Å². The van der Waals surface area contributed by atoms with Gasteiger partial charge in [0, 0.05) is 43.1 Å². The van der Waals surface area contributed by atoms with E-state index in [-0.39, 0.29) is 6.04 Å². The van der Waals surface area contributed by atoms with Gasteiger partial charge in [-0.2, -0.15) is 5.10 Å². The van der Waals surface area contributed by atoms with Crippen molar-refractivity contribution in [3.63, 3.8) is 0 Å². The highest BCUT2D eigenvalue weighted by Crippen LogP contribution is 2.30. The summed E-state index contributed by atoms with van der Waals surface area (Å²) in [7, 11) is 1.92. The molecule has 0 aliphatic carbocycles. The van der Waals surface area contributed by atoms with Crippen LogP contribution in [-0.2, 0) is 11.8 Å². The summed E-state index contributed by atoms with van der Waals surface area (Å²) in [5.74, 6) is 0.713. The number of nitrogens with one attached hydrogen (secondary N) is 1. The van der Waals surface area contributed by atoms with Crippen LogP contribution in [0, 0.1) is 0 Å². The van der Waals surface area contributed by atoms with E-state index >= 15 is 0 Å². The summed E-state index contributed by atoms with van der Waals surface area (Å²) in [6, 6.07) is 8.23. The second-order valence-corrected chi connectivity index (χ2v) is 6.99. The Balaban J connectivity index is 1.71. The minimum Gasteiger partial charge on any atom is -0.377 e. The van der Waals surface area contributed by atoms with Crippen LogP contribution in [0.25, 0.3) is 33.7 Å². The summed E-state index contributed by atoms with van der Waals surface area (Å²) in [5, 5.41) is 5.34. The molecule has 4 aromatic heterocycles. The highest BCUT2D eigenvalue weighted by molar-refractivity contribution is 5.92. The Labute approximate surface area is 162 Å². The zero-order valence-electron chi connectivity index (χ0n) is 15.8. The highest BCUT2D eigenvalue weighted by Gasteiger charge is 2.23. The van der Waals surface area contributed by atoms with Gasteiger partial charge >= 0.3 is 0 Å². The molecule has 1 saturated heterocycles. The van der Waals surface area contributed by atoms with Gasteiger partial charge in [-0.25, -0.2) is 15.0 Å².